The molecule has 0 spiro atoms. The lowest BCUT2D eigenvalue weighted by atomic mass is 9.95. The van der Waals surface area contributed by atoms with Gasteiger partial charge < -0.3 is 19.7 Å². The summed E-state index contributed by atoms with van der Waals surface area (Å²) in [7, 11) is 0. The number of hydrogen-bond acceptors (Lipinski definition) is 6. The molecule has 5 heterocycles. The van der Waals surface area contributed by atoms with E-state index >= 15 is 0 Å². The molecule has 1 unspecified atom stereocenters. The SMILES string of the molecule is CC1CCN(c2cc(C(=O)N3CCC(c4nnc5n4CCNC5)CC3)ccn2)C1. The summed E-state index contributed by atoms with van der Waals surface area (Å²) in [5.41, 5.74) is 0.749. The van der Waals surface area contributed by atoms with Gasteiger partial charge in [-0.15, -0.1) is 10.2 Å². The molecule has 0 saturated carbocycles. The quantitative estimate of drug-likeness (QED) is 0.851. The zero-order valence-electron chi connectivity index (χ0n) is 17.0. The number of fused-ring (bicyclic) bond motifs is 1. The zero-order valence-corrected chi connectivity index (χ0v) is 17.0. The van der Waals surface area contributed by atoms with Crippen LogP contribution in [0.25, 0.3) is 0 Å². The molecular weight excluding hydrogens is 366 g/mol. The van der Waals surface area contributed by atoms with Crippen LogP contribution in [-0.2, 0) is 13.1 Å². The van der Waals surface area contributed by atoms with E-state index in [1.165, 1.54) is 6.42 Å². The molecule has 2 aromatic heterocycles. The molecular formula is C21H29N7O. The highest BCUT2D eigenvalue weighted by atomic mass is 16.2. The Bertz CT molecular complexity index is 887. The van der Waals surface area contributed by atoms with Crippen LogP contribution in [0.1, 0.15) is 54.1 Å². The molecule has 1 N–H and O–H groups in total. The second kappa shape index (κ2) is 7.74. The highest BCUT2D eigenvalue weighted by Gasteiger charge is 2.29. The van der Waals surface area contributed by atoms with Crippen LogP contribution in [-0.4, -0.2) is 63.3 Å². The van der Waals surface area contributed by atoms with E-state index in [9.17, 15) is 4.79 Å². The Hall–Kier alpha value is -2.48. The van der Waals surface area contributed by atoms with Gasteiger partial charge >= 0.3 is 0 Å². The fraction of sp³-hybridized carbons (Fsp3) is 0.619. The van der Waals surface area contributed by atoms with Gasteiger partial charge in [0.25, 0.3) is 5.91 Å². The van der Waals surface area contributed by atoms with Crippen LogP contribution >= 0.6 is 0 Å². The first-order valence-electron chi connectivity index (χ1n) is 10.8. The lowest BCUT2D eigenvalue weighted by Crippen LogP contribution is -2.39. The van der Waals surface area contributed by atoms with Crippen LogP contribution in [0.15, 0.2) is 18.3 Å². The monoisotopic (exact) mass is 395 g/mol. The van der Waals surface area contributed by atoms with Crippen molar-refractivity contribution in [1.82, 2.24) is 30.0 Å². The maximum absolute atomic E-state index is 13.1. The van der Waals surface area contributed by atoms with Gasteiger partial charge in [0.15, 0.2) is 0 Å². The summed E-state index contributed by atoms with van der Waals surface area (Å²) in [5.74, 6) is 4.25. The Labute approximate surface area is 171 Å². The van der Waals surface area contributed by atoms with Crippen molar-refractivity contribution < 1.29 is 4.79 Å². The number of likely N-dealkylation sites (tertiary alicyclic amines) is 1. The minimum absolute atomic E-state index is 0.117. The second-order valence-electron chi connectivity index (χ2n) is 8.61. The summed E-state index contributed by atoms with van der Waals surface area (Å²) < 4.78 is 2.27. The van der Waals surface area contributed by atoms with E-state index in [0.29, 0.717) is 11.8 Å². The van der Waals surface area contributed by atoms with Crippen LogP contribution in [0, 0.1) is 5.92 Å². The second-order valence-corrected chi connectivity index (χ2v) is 8.61. The summed E-state index contributed by atoms with van der Waals surface area (Å²) >= 11 is 0. The van der Waals surface area contributed by atoms with Crippen LogP contribution in [0.4, 0.5) is 5.82 Å². The fourth-order valence-corrected chi connectivity index (χ4v) is 4.81. The number of rotatable bonds is 3. The number of amides is 1. The van der Waals surface area contributed by atoms with Crippen molar-refractivity contribution in [2.45, 2.75) is 45.2 Å². The predicted octanol–water partition coefficient (Wildman–Crippen LogP) is 1.64. The van der Waals surface area contributed by atoms with Gasteiger partial charge in [0.2, 0.25) is 0 Å². The minimum atomic E-state index is 0.117. The largest absolute Gasteiger partial charge is 0.356 e. The third-order valence-electron chi connectivity index (χ3n) is 6.54. The minimum Gasteiger partial charge on any atom is -0.356 e. The molecule has 0 radical (unpaired) electrons. The molecule has 1 atom stereocenters. The normalized spacial score (nSPS) is 22.7. The van der Waals surface area contributed by atoms with Gasteiger partial charge in [0, 0.05) is 56.9 Å². The summed E-state index contributed by atoms with van der Waals surface area (Å²) in [6, 6.07) is 3.81. The highest BCUT2D eigenvalue weighted by molar-refractivity contribution is 5.95. The first kappa shape index (κ1) is 18.5. The Balaban J connectivity index is 1.24. The number of aromatic nitrogens is 4. The van der Waals surface area contributed by atoms with Gasteiger partial charge in [-0.1, -0.05) is 6.92 Å². The fourth-order valence-electron chi connectivity index (χ4n) is 4.81. The summed E-state index contributed by atoms with van der Waals surface area (Å²) in [4.78, 5) is 21.9. The van der Waals surface area contributed by atoms with Gasteiger partial charge in [0.1, 0.15) is 17.5 Å². The van der Waals surface area contributed by atoms with Gasteiger partial charge in [-0.25, -0.2) is 4.98 Å². The van der Waals surface area contributed by atoms with Crippen molar-refractivity contribution >= 4 is 11.7 Å². The van der Waals surface area contributed by atoms with E-state index in [2.05, 4.69) is 36.9 Å². The number of piperidine rings is 1. The van der Waals surface area contributed by atoms with Crippen molar-refractivity contribution in [2.24, 2.45) is 5.92 Å². The van der Waals surface area contributed by atoms with Crippen LogP contribution in [0.3, 0.4) is 0 Å². The standard InChI is InChI=1S/C21H29N7O/c1-15-3-8-27(14-15)18-12-17(2-6-23-18)21(29)26-9-4-16(5-10-26)20-25-24-19-13-22-7-11-28(19)20/h2,6,12,15-16,22H,3-5,7-11,13-14H2,1H3. The lowest BCUT2D eigenvalue weighted by Gasteiger charge is -2.32. The first-order valence-corrected chi connectivity index (χ1v) is 10.8. The molecule has 3 aliphatic rings. The Morgan fingerprint density at radius 1 is 1.14 bits per heavy atom. The van der Waals surface area contributed by atoms with Crippen molar-refractivity contribution in [3.63, 3.8) is 0 Å². The lowest BCUT2D eigenvalue weighted by molar-refractivity contribution is 0.0710. The molecule has 29 heavy (non-hydrogen) atoms. The average molecular weight is 396 g/mol. The van der Waals surface area contributed by atoms with Gasteiger partial charge in [-0.05, 0) is 37.3 Å². The van der Waals surface area contributed by atoms with E-state index in [-0.39, 0.29) is 5.91 Å². The third-order valence-corrected chi connectivity index (χ3v) is 6.54. The van der Waals surface area contributed by atoms with Crippen molar-refractivity contribution in [3.05, 3.63) is 35.5 Å². The molecule has 8 heteroatoms. The molecule has 0 aliphatic carbocycles. The average Bonchev–Trinajstić information content (AvgIpc) is 3.40. The number of carbonyl (C=O) groups is 1. The Kier molecular flexibility index (Phi) is 4.95. The summed E-state index contributed by atoms with van der Waals surface area (Å²) in [6.07, 6.45) is 4.85. The third kappa shape index (κ3) is 3.61. The summed E-state index contributed by atoms with van der Waals surface area (Å²) in [6.45, 7) is 8.54. The van der Waals surface area contributed by atoms with E-state index in [1.807, 2.05) is 17.0 Å². The molecule has 2 aromatic rings. The zero-order chi connectivity index (χ0) is 19.8. The number of pyridine rings is 1. The Morgan fingerprint density at radius 3 is 2.79 bits per heavy atom. The molecule has 0 aromatic carbocycles. The molecule has 2 saturated heterocycles. The van der Waals surface area contributed by atoms with Gasteiger partial charge in [-0.2, -0.15) is 0 Å². The van der Waals surface area contributed by atoms with E-state index in [0.717, 1.165) is 81.7 Å². The van der Waals surface area contributed by atoms with Crippen molar-refractivity contribution in [1.29, 1.82) is 0 Å². The number of anilines is 1. The van der Waals surface area contributed by atoms with Crippen LogP contribution in [0.2, 0.25) is 0 Å². The smallest absolute Gasteiger partial charge is 0.254 e. The summed E-state index contributed by atoms with van der Waals surface area (Å²) in [5, 5.41) is 12.2. The molecule has 2 fully saturated rings. The molecule has 3 aliphatic heterocycles. The van der Waals surface area contributed by atoms with E-state index in [1.54, 1.807) is 6.20 Å². The predicted molar refractivity (Wildman–Crippen MR) is 110 cm³/mol. The topological polar surface area (TPSA) is 79.2 Å². The maximum Gasteiger partial charge on any atom is 0.254 e. The number of carbonyl (C=O) groups excluding carboxylic acids is 1. The van der Waals surface area contributed by atoms with Crippen molar-refractivity contribution in [3.8, 4) is 0 Å². The van der Waals surface area contributed by atoms with Crippen LogP contribution < -0.4 is 10.2 Å². The van der Waals surface area contributed by atoms with Gasteiger partial charge in [-0.3, -0.25) is 4.79 Å². The molecule has 1 amide bonds. The van der Waals surface area contributed by atoms with E-state index in [4.69, 9.17) is 0 Å². The maximum atomic E-state index is 13.1. The molecule has 154 valence electrons. The van der Waals surface area contributed by atoms with Crippen molar-refractivity contribution in [2.75, 3.05) is 37.6 Å². The van der Waals surface area contributed by atoms with E-state index < -0.39 is 0 Å². The van der Waals surface area contributed by atoms with Crippen LogP contribution in [0.5, 0.6) is 0 Å². The highest BCUT2D eigenvalue weighted by Crippen LogP contribution is 2.29. The first-order chi connectivity index (χ1) is 14.2. The van der Waals surface area contributed by atoms with Gasteiger partial charge in [0.05, 0.1) is 6.54 Å². The Morgan fingerprint density at radius 2 is 2.00 bits per heavy atom. The number of hydrogen-bond donors (Lipinski definition) is 1. The number of nitrogens with zero attached hydrogens (tertiary/aromatic N) is 6. The molecule has 5 rings (SSSR count). The molecule has 8 nitrogen and oxygen atoms in total. The molecule has 0 bridgehead atoms. The number of nitrogens with one attached hydrogen (secondary N) is 1.